The molecule has 1 fully saturated rings. The van der Waals surface area contributed by atoms with Crippen LogP contribution in [0.1, 0.15) is 29.6 Å². The van der Waals surface area contributed by atoms with Crippen LogP contribution >= 0.6 is 0 Å². The number of carbonyl (C=O) groups is 1. The van der Waals surface area contributed by atoms with Gasteiger partial charge in [-0.3, -0.25) is 9.78 Å². The van der Waals surface area contributed by atoms with Gasteiger partial charge < -0.3 is 15.1 Å². The van der Waals surface area contributed by atoms with Gasteiger partial charge in [-0.1, -0.05) is 0 Å². The molecule has 0 spiro atoms. The SMILES string of the molecule is O=C(c1cncc(O)c1)N1CCCCC1CO. The first-order valence-electron chi connectivity index (χ1n) is 5.78. The van der Waals surface area contributed by atoms with E-state index in [-0.39, 0.29) is 24.3 Å². The van der Waals surface area contributed by atoms with Gasteiger partial charge in [0.25, 0.3) is 5.91 Å². The van der Waals surface area contributed by atoms with Crippen LogP contribution < -0.4 is 0 Å². The van der Waals surface area contributed by atoms with Crippen LogP contribution in [0.5, 0.6) is 5.75 Å². The first-order chi connectivity index (χ1) is 8.22. The summed E-state index contributed by atoms with van der Waals surface area (Å²) in [6.45, 7) is 0.637. The lowest BCUT2D eigenvalue weighted by molar-refractivity contribution is 0.0502. The topological polar surface area (TPSA) is 73.7 Å². The second kappa shape index (κ2) is 5.14. The Bertz CT molecular complexity index is 408. The van der Waals surface area contributed by atoms with Crippen LogP contribution in [0, 0.1) is 0 Å². The summed E-state index contributed by atoms with van der Waals surface area (Å²) in [5.74, 6) is -0.194. The minimum atomic E-state index is -0.174. The van der Waals surface area contributed by atoms with Gasteiger partial charge in [0.2, 0.25) is 0 Å². The molecule has 1 aliphatic rings. The lowest BCUT2D eigenvalue weighted by Gasteiger charge is -2.34. The fourth-order valence-corrected chi connectivity index (χ4v) is 2.17. The van der Waals surface area contributed by atoms with Crippen molar-refractivity contribution in [3.63, 3.8) is 0 Å². The van der Waals surface area contributed by atoms with Gasteiger partial charge in [0.1, 0.15) is 5.75 Å². The van der Waals surface area contributed by atoms with Gasteiger partial charge >= 0.3 is 0 Å². The first kappa shape index (κ1) is 11.9. The number of hydrogen-bond acceptors (Lipinski definition) is 4. The van der Waals surface area contributed by atoms with Crippen molar-refractivity contribution in [3.8, 4) is 5.75 Å². The van der Waals surface area contributed by atoms with E-state index < -0.39 is 0 Å². The van der Waals surface area contributed by atoms with Crippen LogP contribution in [0.3, 0.4) is 0 Å². The Balaban J connectivity index is 2.18. The largest absolute Gasteiger partial charge is 0.506 e. The maximum atomic E-state index is 12.2. The summed E-state index contributed by atoms with van der Waals surface area (Å²) in [6.07, 6.45) is 5.54. The summed E-state index contributed by atoms with van der Waals surface area (Å²) in [5.41, 5.74) is 0.366. The van der Waals surface area contributed by atoms with E-state index in [0.717, 1.165) is 19.3 Å². The van der Waals surface area contributed by atoms with Crippen LogP contribution in [0.2, 0.25) is 0 Å². The standard InChI is InChI=1S/C12H16N2O3/c15-8-10-3-1-2-4-14(10)12(17)9-5-11(16)7-13-6-9/h5-7,10,15-16H,1-4,8H2. The smallest absolute Gasteiger partial charge is 0.255 e. The third-order valence-corrected chi connectivity index (χ3v) is 3.07. The molecule has 5 nitrogen and oxygen atoms in total. The van der Waals surface area contributed by atoms with E-state index in [1.165, 1.54) is 18.5 Å². The van der Waals surface area contributed by atoms with E-state index in [4.69, 9.17) is 0 Å². The van der Waals surface area contributed by atoms with Crippen LogP contribution in [-0.2, 0) is 0 Å². The number of aromatic nitrogens is 1. The van der Waals surface area contributed by atoms with Crippen molar-refractivity contribution in [2.45, 2.75) is 25.3 Å². The molecule has 0 saturated carbocycles. The summed E-state index contributed by atoms with van der Waals surface area (Å²) >= 11 is 0. The fourth-order valence-electron chi connectivity index (χ4n) is 2.17. The van der Waals surface area contributed by atoms with Gasteiger partial charge in [0.05, 0.1) is 24.4 Å². The number of piperidine rings is 1. The predicted octanol–water partition coefficient (Wildman–Crippen LogP) is 0.774. The molecule has 1 aromatic rings. The number of nitrogens with zero attached hydrogens (tertiary/aromatic N) is 2. The molecule has 17 heavy (non-hydrogen) atoms. The minimum absolute atomic E-state index is 0.0159. The van der Waals surface area contributed by atoms with E-state index >= 15 is 0 Å². The highest BCUT2D eigenvalue weighted by Crippen LogP contribution is 2.20. The lowest BCUT2D eigenvalue weighted by atomic mass is 10.0. The van der Waals surface area contributed by atoms with Gasteiger partial charge in [-0.2, -0.15) is 0 Å². The highest BCUT2D eigenvalue weighted by molar-refractivity contribution is 5.94. The number of pyridine rings is 1. The molecule has 1 saturated heterocycles. The second-order valence-electron chi connectivity index (χ2n) is 4.26. The molecule has 2 N–H and O–H groups in total. The van der Waals surface area contributed by atoms with Gasteiger partial charge in [0.15, 0.2) is 0 Å². The Morgan fingerprint density at radius 1 is 1.47 bits per heavy atom. The third-order valence-electron chi connectivity index (χ3n) is 3.07. The average Bonchev–Trinajstić information content (AvgIpc) is 2.38. The lowest BCUT2D eigenvalue weighted by Crippen LogP contribution is -2.45. The number of hydrogen-bond donors (Lipinski definition) is 2. The summed E-state index contributed by atoms with van der Waals surface area (Å²) < 4.78 is 0. The maximum absolute atomic E-state index is 12.2. The van der Waals surface area contributed by atoms with Crippen molar-refractivity contribution < 1.29 is 15.0 Å². The van der Waals surface area contributed by atoms with Crippen LogP contribution in [0.4, 0.5) is 0 Å². The molecule has 1 unspecified atom stereocenters. The number of aliphatic hydroxyl groups excluding tert-OH is 1. The molecule has 0 aromatic carbocycles. The van der Waals surface area contributed by atoms with Crippen molar-refractivity contribution >= 4 is 5.91 Å². The van der Waals surface area contributed by atoms with Crippen molar-refractivity contribution in [2.24, 2.45) is 0 Å². The van der Waals surface area contributed by atoms with E-state index in [1.54, 1.807) is 4.90 Å². The van der Waals surface area contributed by atoms with E-state index in [9.17, 15) is 15.0 Å². The molecule has 2 heterocycles. The molecule has 0 aliphatic carbocycles. The van der Waals surface area contributed by atoms with Gasteiger partial charge in [-0.25, -0.2) is 0 Å². The Hall–Kier alpha value is -1.62. The van der Waals surface area contributed by atoms with E-state index in [0.29, 0.717) is 12.1 Å². The zero-order chi connectivity index (χ0) is 12.3. The third kappa shape index (κ3) is 2.55. The van der Waals surface area contributed by atoms with Crippen LogP contribution in [0.15, 0.2) is 18.5 Å². The molecule has 1 aromatic heterocycles. The van der Waals surface area contributed by atoms with Crippen molar-refractivity contribution in [2.75, 3.05) is 13.2 Å². The minimum Gasteiger partial charge on any atom is -0.506 e. The normalized spacial score (nSPS) is 20.3. The number of aliphatic hydroxyl groups is 1. The molecule has 1 atom stereocenters. The Kier molecular flexibility index (Phi) is 3.58. The molecule has 2 rings (SSSR count). The molecule has 92 valence electrons. The summed E-state index contributed by atoms with van der Waals surface area (Å²) in [5, 5.41) is 18.6. The highest BCUT2D eigenvalue weighted by Gasteiger charge is 2.27. The Morgan fingerprint density at radius 2 is 2.29 bits per heavy atom. The number of carbonyl (C=O) groups excluding carboxylic acids is 1. The predicted molar refractivity (Wildman–Crippen MR) is 61.7 cm³/mol. The van der Waals surface area contributed by atoms with Crippen LogP contribution in [-0.4, -0.2) is 45.2 Å². The highest BCUT2D eigenvalue weighted by atomic mass is 16.3. The zero-order valence-electron chi connectivity index (χ0n) is 9.54. The maximum Gasteiger partial charge on any atom is 0.255 e. The molecule has 1 amide bonds. The van der Waals surface area contributed by atoms with Gasteiger partial charge in [-0.15, -0.1) is 0 Å². The Morgan fingerprint density at radius 3 is 3.00 bits per heavy atom. The quantitative estimate of drug-likeness (QED) is 0.795. The summed E-state index contributed by atoms with van der Waals surface area (Å²) in [6, 6.07) is 1.29. The fraction of sp³-hybridized carbons (Fsp3) is 0.500. The molecule has 0 radical (unpaired) electrons. The zero-order valence-corrected chi connectivity index (χ0v) is 9.54. The molecular formula is C12H16N2O3. The number of amides is 1. The first-order valence-corrected chi connectivity index (χ1v) is 5.78. The van der Waals surface area contributed by atoms with Gasteiger partial charge in [-0.05, 0) is 25.3 Å². The second-order valence-corrected chi connectivity index (χ2v) is 4.26. The average molecular weight is 236 g/mol. The number of likely N-dealkylation sites (tertiary alicyclic amines) is 1. The summed E-state index contributed by atoms with van der Waals surface area (Å²) in [4.78, 5) is 17.6. The number of rotatable bonds is 2. The van der Waals surface area contributed by atoms with E-state index in [2.05, 4.69) is 4.98 Å². The van der Waals surface area contributed by atoms with Gasteiger partial charge in [0, 0.05) is 12.7 Å². The van der Waals surface area contributed by atoms with Crippen LogP contribution in [0.25, 0.3) is 0 Å². The van der Waals surface area contributed by atoms with Crippen molar-refractivity contribution in [1.82, 2.24) is 9.88 Å². The number of aromatic hydroxyl groups is 1. The van der Waals surface area contributed by atoms with Crippen molar-refractivity contribution in [1.29, 1.82) is 0 Å². The van der Waals surface area contributed by atoms with Crippen molar-refractivity contribution in [3.05, 3.63) is 24.0 Å². The molecule has 0 bridgehead atoms. The molecule has 1 aliphatic heterocycles. The summed E-state index contributed by atoms with van der Waals surface area (Å²) in [7, 11) is 0. The molecule has 5 heteroatoms. The monoisotopic (exact) mass is 236 g/mol. The van der Waals surface area contributed by atoms with E-state index in [1.807, 2.05) is 0 Å². The molecular weight excluding hydrogens is 220 g/mol. The Labute approximate surface area is 99.7 Å².